The molecule has 1 fully saturated rings. The Morgan fingerprint density at radius 1 is 1.38 bits per heavy atom. The van der Waals surface area contributed by atoms with E-state index >= 15 is 0 Å². The number of aliphatic hydroxyl groups is 1. The molecule has 2 unspecified atom stereocenters. The fourth-order valence-electron chi connectivity index (χ4n) is 2.72. The Labute approximate surface area is 124 Å². The summed E-state index contributed by atoms with van der Waals surface area (Å²) >= 11 is 0. The molecule has 0 radical (unpaired) electrons. The topological polar surface area (TPSA) is 92.4 Å². The van der Waals surface area contributed by atoms with E-state index in [1.165, 1.54) is 0 Å². The number of nitrogens with two attached hydrogens (primary N) is 1. The molecule has 1 aromatic carbocycles. The van der Waals surface area contributed by atoms with Crippen LogP contribution in [0.3, 0.4) is 0 Å². The van der Waals surface area contributed by atoms with Crippen LogP contribution in [0.15, 0.2) is 17.0 Å². The molecule has 0 spiro atoms. The van der Waals surface area contributed by atoms with E-state index in [1.54, 1.807) is 6.92 Å². The first-order valence-corrected chi connectivity index (χ1v) is 8.52. The summed E-state index contributed by atoms with van der Waals surface area (Å²) in [7, 11) is -3.99. The molecule has 0 aromatic heterocycles. The van der Waals surface area contributed by atoms with E-state index in [-0.39, 0.29) is 24.3 Å². The van der Waals surface area contributed by atoms with Crippen LogP contribution in [0, 0.1) is 18.7 Å². The Morgan fingerprint density at radius 3 is 2.71 bits per heavy atom. The van der Waals surface area contributed by atoms with Gasteiger partial charge >= 0.3 is 0 Å². The number of hydrogen-bond acceptors (Lipinski definition) is 4. The van der Waals surface area contributed by atoms with E-state index in [1.807, 2.05) is 0 Å². The zero-order valence-corrected chi connectivity index (χ0v) is 12.8. The Hall–Kier alpha value is -1.18. The molecule has 1 aliphatic rings. The van der Waals surface area contributed by atoms with Gasteiger partial charge in [-0.05, 0) is 43.4 Å². The number of hydrogen-bond donors (Lipinski definition) is 3. The number of aliphatic hydroxyl groups excluding tert-OH is 1. The lowest BCUT2D eigenvalue weighted by atomic mass is 9.86. The second-order valence-corrected chi connectivity index (χ2v) is 7.28. The number of halogens is 1. The smallest absolute Gasteiger partial charge is 0.243 e. The Kier molecular flexibility index (Phi) is 4.85. The van der Waals surface area contributed by atoms with E-state index < -0.39 is 20.7 Å². The van der Waals surface area contributed by atoms with Crippen LogP contribution < -0.4 is 10.5 Å². The fraction of sp³-hybridized carbons (Fsp3) is 0.571. The average Bonchev–Trinajstić information content (AvgIpc) is 2.43. The van der Waals surface area contributed by atoms with Gasteiger partial charge in [0, 0.05) is 18.3 Å². The molecule has 118 valence electrons. The predicted octanol–water partition coefficient (Wildman–Crippen LogP) is 1.55. The van der Waals surface area contributed by atoms with Gasteiger partial charge in [0.1, 0.15) is 10.7 Å². The average molecular weight is 316 g/mol. The maximum atomic E-state index is 13.9. The number of anilines is 1. The Bertz CT molecular complexity index is 619. The second-order valence-electron chi connectivity index (χ2n) is 5.59. The quantitative estimate of drug-likeness (QED) is 0.735. The third kappa shape index (κ3) is 3.53. The van der Waals surface area contributed by atoms with Crippen LogP contribution in [0.2, 0.25) is 0 Å². The number of rotatable bonds is 4. The second kappa shape index (κ2) is 6.29. The molecule has 0 heterocycles. The molecule has 7 heteroatoms. The summed E-state index contributed by atoms with van der Waals surface area (Å²) in [6.45, 7) is 1.54. The van der Waals surface area contributed by atoms with Crippen molar-refractivity contribution in [2.75, 3.05) is 12.3 Å². The highest BCUT2D eigenvalue weighted by atomic mass is 32.2. The van der Waals surface area contributed by atoms with Crippen LogP contribution in [-0.4, -0.2) is 26.2 Å². The lowest BCUT2D eigenvalue weighted by Crippen LogP contribution is -2.43. The fourth-order valence-corrected chi connectivity index (χ4v) is 4.15. The van der Waals surface area contributed by atoms with Gasteiger partial charge in [0.15, 0.2) is 0 Å². The highest BCUT2D eigenvalue weighted by molar-refractivity contribution is 7.89. The molecule has 1 aliphatic carbocycles. The van der Waals surface area contributed by atoms with Crippen molar-refractivity contribution >= 4 is 15.7 Å². The Morgan fingerprint density at radius 2 is 2.05 bits per heavy atom. The van der Waals surface area contributed by atoms with Gasteiger partial charge in [0.2, 0.25) is 10.0 Å². The van der Waals surface area contributed by atoms with Crippen LogP contribution >= 0.6 is 0 Å². The van der Waals surface area contributed by atoms with Gasteiger partial charge in [0.25, 0.3) is 0 Å². The van der Waals surface area contributed by atoms with Crippen molar-refractivity contribution < 1.29 is 17.9 Å². The van der Waals surface area contributed by atoms with Gasteiger partial charge in [-0.3, -0.25) is 0 Å². The zero-order valence-electron chi connectivity index (χ0n) is 12.0. The maximum Gasteiger partial charge on any atom is 0.243 e. The van der Waals surface area contributed by atoms with Gasteiger partial charge < -0.3 is 10.8 Å². The molecular weight excluding hydrogens is 295 g/mol. The van der Waals surface area contributed by atoms with Crippen molar-refractivity contribution in [3.8, 4) is 0 Å². The molecule has 0 saturated heterocycles. The number of nitrogens with one attached hydrogen (secondary N) is 1. The summed E-state index contributed by atoms with van der Waals surface area (Å²) in [5.41, 5.74) is 6.41. The number of sulfonamides is 1. The monoisotopic (exact) mass is 316 g/mol. The molecule has 0 bridgehead atoms. The molecule has 0 aliphatic heterocycles. The van der Waals surface area contributed by atoms with Crippen molar-refractivity contribution in [2.45, 2.75) is 43.5 Å². The normalized spacial score (nSPS) is 23.2. The van der Waals surface area contributed by atoms with Crippen LogP contribution in [0.5, 0.6) is 0 Å². The molecular formula is C14H21FN2O3S. The van der Waals surface area contributed by atoms with Gasteiger partial charge in [0.05, 0.1) is 0 Å². The van der Waals surface area contributed by atoms with Crippen LogP contribution in [0.25, 0.3) is 0 Å². The van der Waals surface area contributed by atoms with E-state index in [2.05, 4.69) is 4.72 Å². The van der Waals surface area contributed by atoms with Crippen molar-refractivity contribution in [3.05, 3.63) is 23.5 Å². The van der Waals surface area contributed by atoms with Crippen molar-refractivity contribution in [3.63, 3.8) is 0 Å². The van der Waals surface area contributed by atoms with Crippen molar-refractivity contribution in [1.29, 1.82) is 0 Å². The van der Waals surface area contributed by atoms with E-state index in [0.29, 0.717) is 12.0 Å². The van der Waals surface area contributed by atoms with Gasteiger partial charge in [-0.15, -0.1) is 0 Å². The summed E-state index contributed by atoms with van der Waals surface area (Å²) in [6.07, 6.45) is 3.27. The van der Waals surface area contributed by atoms with Crippen molar-refractivity contribution in [1.82, 2.24) is 4.72 Å². The van der Waals surface area contributed by atoms with Crippen LogP contribution in [-0.2, 0) is 10.0 Å². The minimum absolute atomic E-state index is 0.0777. The molecule has 5 nitrogen and oxygen atoms in total. The minimum atomic E-state index is -3.99. The number of nitrogen functional groups attached to an aromatic ring is 1. The van der Waals surface area contributed by atoms with Gasteiger partial charge in [-0.25, -0.2) is 17.5 Å². The zero-order chi connectivity index (χ0) is 15.6. The largest absolute Gasteiger partial charge is 0.398 e. The standard InChI is InChI=1S/C14H21FN2O3S/c1-9-6-11(15)14(7-12(9)16)21(19,20)17-13-5-3-2-4-10(13)8-18/h6-7,10,13,17-18H,2-5,8,16H2,1H3. The molecule has 4 N–H and O–H groups in total. The first-order chi connectivity index (χ1) is 9.85. The first-order valence-electron chi connectivity index (χ1n) is 7.04. The van der Waals surface area contributed by atoms with E-state index in [9.17, 15) is 17.9 Å². The molecule has 1 saturated carbocycles. The lowest BCUT2D eigenvalue weighted by molar-refractivity contribution is 0.164. The minimum Gasteiger partial charge on any atom is -0.398 e. The SMILES string of the molecule is Cc1cc(F)c(S(=O)(=O)NC2CCCCC2CO)cc1N. The van der Waals surface area contributed by atoms with Crippen LogP contribution in [0.4, 0.5) is 10.1 Å². The highest BCUT2D eigenvalue weighted by Crippen LogP contribution is 2.27. The predicted molar refractivity (Wildman–Crippen MR) is 78.7 cm³/mol. The molecule has 21 heavy (non-hydrogen) atoms. The third-order valence-corrected chi connectivity index (χ3v) is 5.57. The van der Waals surface area contributed by atoms with Gasteiger partial charge in [-0.1, -0.05) is 12.8 Å². The van der Waals surface area contributed by atoms with Gasteiger partial charge in [-0.2, -0.15) is 0 Å². The summed E-state index contributed by atoms with van der Waals surface area (Å²) in [6, 6.07) is 1.90. The lowest BCUT2D eigenvalue weighted by Gasteiger charge is -2.30. The summed E-state index contributed by atoms with van der Waals surface area (Å²) in [5, 5.41) is 9.34. The molecule has 1 aromatic rings. The number of benzene rings is 1. The molecule has 2 atom stereocenters. The summed E-state index contributed by atoms with van der Waals surface area (Å²) < 4.78 is 41.2. The maximum absolute atomic E-state index is 13.9. The Balaban J connectivity index is 2.28. The molecule has 0 amide bonds. The third-order valence-electron chi connectivity index (χ3n) is 4.06. The summed E-state index contributed by atoms with van der Waals surface area (Å²) in [5.74, 6) is -0.940. The van der Waals surface area contributed by atoms with Crippen molar-refractivity contribution in [2.24, 2.45) is 5.92 Å². The number of aryl methyl sites for hydroxylation is 1. The van der Waals surface area contributed by atoms with E-state index in [0.717, 1.165) is 31.4 Å². The highest BCUT2D eigenvalue weighted by Gasteiger charge is 2.30. The summed E-state index contributed by atoms with van der Waals surface area (Å²) in [4.78, 5) is -0.437. The first kappa shape index (κ1) is 16.2. The molecule has 2 rings (SSSR count). The van der Waals surface area contributed by atoms with Crippen LogP contribution in [0.1, 0.15) is 31.2 Å². The van der Waals surface area contributed by atoms with E-state index in [4.69, 9.17) is 5.73 Å².